The number of aromatic nitrogens is 2. The molecule has 2 amide bonds. The fourth-order valence-corrected chi connectivity index (χ4v) is 3.02. The van der Waals surface area contributed by atoms with E-state index >= 15 is 0 Å². The van der Waals surface area contributed by atoms with E-state index in [1.54, 1.807) is 30.0 Å². The van der Waals surface area contributed by atoms with Gasteiger partial charge in [0.2, 0.25) is 5.91 Å². The maximum absolute atomic E-state index is 12.3. The molecule has 31 heavy (non-hydrogen) atoms. The molecule has 0 aliphatic rings. The molecule has 0 bridgehead atoms. The molecule has 0 radical (unpaired) electrons. The fraction of sp³-hybridized carbons (Fsp3) is 0.375. The first-order chi connectivity index (χ1) is 14.6. The lowest BCUT2D eigenvalue weighted by Crippen LogP contribution is -2.34. The Morgan fingerprint density at radius 1 is 1.29 bits per heavy atom. The van der Waals surface area contributed by atoms with Gasteiger partial charge in [-0.2, -0.15) is 5.10 Å². The molecule has 0 aliphatic carbocycles. The molecule has 7 nitrogen and oxygen atoms in total. The maximum atomic E-state index is 12.3. The number of amides is 2. The van der Waals surface area contributed by atoms with Crippen LogP contribution >= 0.6 is 0 Å². The van der Waals surface area contributed by atoms with Gasteiger partial charge >= 0.3 is 6.09 Å². The van der Waals surface area contributed by atoms with Crippen molar-refractivity contribution < 1.29 is 14.3 Å². The molecule has 0 saturated carbocycles. The summed E-state index contributed by atoms with van der Waals surface area (Å²) >= 11 is 0. The van der Waals surface area contributed by atoms with Crippen LogP contribution in [0.25, 0.3) is 11.3 Å². The standard InChI is InChI=1S/C24H32N4O3/c1-8-11-19(27-23(30)31-24(4,5)6)17-12-10-13-18(14-17)21-20(15-25-28(21)7)26-22(29)16(3)9-2/h8-10,12-16,19H,1-2,11H2,3-7H3,(H,26,29)(H,27,30)/t16-,19+/m1/s1. The predicted molar refractivity (Wildman–Crippen MR) is 124 cm³/mol. The molecule has 1 aromatic heterocycles. The van der Waals surface area contributed by atoms with E-state index in [0.29, 0.717) is 12.1 Å². The fourth-order valence-electron chi connectivity index (χ4n) is 3.02. The Kier molecular flexibility index (Phi) is 7.80. The second kappa shape index (κ2) is 10.1. The van der Waals surface area contributed by atoms with Gasteiger partial charge in [-0.25, -0.2) is 4.79 Å². The van der Waals surface area contributed by atoms with Gasteiger partial charge in [-0.05, 0) is 38.8 Å². The van der Waals surface area contributed by atoms with Crippen molar-refractivity contribution in [3.05, 3.63) is 61.3 Å². The number of nitrogens with one attached hydrogen (secondary N) is 2. The van der Waals surface area contributed by atoms with Crippen molar-refractivity contribution in [1.29, 1.82) is 0 Å². The number of alkyl carbamates (subject to hydrolysis) is 1. The van der Waals surface area contributed by atoms with Crippen LogP contribution in [0.3, 0.4) is 0 Å². The third kappa shape index (κ3) is 6.57. The van der Waals surface area contributed by atoms with Crippen molar-refractivity contribution >= 4 is 17.7 Å². The van der Waals surface area contributed by atoms with Gasteiger partial charge in [-0.15, -0.1) is 13.2 Å². The minimum absolute atomic E-state index is 0.156. The van der Waals surface area contributed by atoms with E-state index in [0.717, 1.165) is 16.8 Å². The van der Waals surface area contributed by atoms with Crippen LogP contribution in [0.2, 0.25) is 0 Å². The normalized spacial score (nSPS) is 13.1. The zero-order valence-electron chi connectivity index (χ0n) is 18.9. The molecule has 0 saturated heterocycles. The van der Waals surface area contributed by atoms with Crippen molar-refractivity contribution in [3.8, 4) is 11.3 Å². The Hall–Kier alpha value is -3.35. The molecule has 2 atom stereocenters. The highest BCUT2D eigenvalue weighted by Crippen LogP contribution is 2.30. The summed E-state index contributed by atoms with van der Waals surface area (Å²) in [7, 11) is 1.81. The zero-order chi connectivity index (χ0) is 23.2. The van der Waals surface area contributed by atoms with Gasteiger partial charge in [0.15, 0.2) is 0 Å². The number of anilines is 1. The molecule has 1 aromatic carbocycles. The molecular weight excluding hydrogens is 392 g/mol. The molecule has 0 unspecified atom stereocenters. The van der Waals surface area contributed by atoms with Gasteiger partial charge in [0.1, 0.15) is 5.60 Å². The van der Waals surface area contributed by atoms with Crippen LogP contribution < -0.4 is 10.6 Å². The van der Waals surface area contributed by atoms with Gasteiger partial charge in [-0.1, -0.05) is 37.3 Å². The molecule has 2 rings (SSSR count). The Bertz CT molecular complexity index is 956. The van der Waals surface area contributed by atoms with E-state index in [4.69, 9.17) is 4.74 Å². The van der Waals surface area contributed by atoms with E-state index in [9.17, 15) is 9.59 Å². The first kappa shape index (κ1) is 23.9. The van der Waals surface area contributed by atoms with E-state index in [2.05, 4.69) is 28.9 Å². The summed E-state index contributed by atoms with van der Waals surface area (Å²) in [4.78, 5) is 24.7. The minimum atomic E-state index is -0.588. The lowest BCUT2D eigenvalue weighted by Gasteiger charge is -2.23. The summed E-state index contributed by atoms with van der Waals surface area (Å²) in [5.74, 6) is -0.481. The van der Waals surface area contributed by atoms with E-state index in [-0.39, 0.29) is 17.9 Å². The monoisotopic (exact) mass is 424 g/mol. The molecule has 0 aliphatic heterocycles. The minimum Gasteiger partial charge on any atom is -0.444 e. The Morgan fingerprint density at radius 3 is 2.61 bits per heavy atom. The molecule has 0 fully saturated rings. The van der Waals surface area contributed by atoms with Crippen LogP contribution in [0.4, 0.5) is 10.5 Å². The Balaban J connectivity index is 2.34. The molecule has 1 heterocycles. The van der Waals surface area contributed by atoms with Gasteiger partial charge in [0.25, 0.3) is 0 Å². The molecule has 2 N–H and O–H groups in total. The third-order valence-corrected chi connectivity index (χ3v) is 4.62. The smallest absolute Gasteiger partial charge is 0.408 e. The summed E-state index contributed by atoms with van der Waals surface area (Å²) in [6.45, 7) is 14.7. The number of benzene rings is 1. The van der Waals surface area contributed by atoms with Crippen LogP contribution in [0.1, 0.15) is 45.7 Å². The summed E-state index contributed by atoms with van der Waals surface area (Å²) in [6, 6.07) is 7.44. The second-order valence-corrected chi connectivity index (χ2v) is 8.39. The number of carbonyl (C=O) groups excluding carboxylic acids is 2. The Morgan fingerprint density at radius 2 is 2.00 bits per heavy atom. The van der Waals surface area contributed by atoms with Crippen molar-refractivity contribution in [2.75, 3.05) is 5.32 Å². The summed E-state index contributed by atoms with van der Waals surface area (Å²) < 4.78 is 7.10. The lowest BCUT2D eigenvalue weighted by atomic mass is 9.99. The highest BCUT2D eigenvalue weighted by atomic mass is 16.6. The topological polar surface area (TPSA) is 85.2 Å². The van der Waals surface area contributed by atoms with E-state index < -0.39 is 11.7 Å². The van der Waals surface area contributed by atoms with Crippen molar-refractivity contribution in [1.82, 2.24) is 15.1 Å². The lowest BCUT2D eigenvalue weighted by molar-refractivity contribution is -0.118. The number of hydrogen-bond donors (Lipinski definition) is 2. The highest BCUT2D eigenvalue weighted by Gasteiger charge is 2.21. The van der Waals surface area contributed by atoms with Gasteiger partial charge in [0.05, 0.1) is 29.5 Å². The van der Waals surface area contributed by atoms with Gasteiger partial charge in [0, 0.05) is 12.6 Å². The quantitative estimate of drug-likeness (QED) is 0.585. The SMILES string of the molecule is C=CC[C@H](NC(=O)OC(C)(C)C)c1cccc(-c2c(NC(=O)[C@H](C)C=C)cnn2C)c1. The predicted octanol–water partition coefficient (Wildman–Crippen LogP) is 4.99. The van der Waals surface area contributed by atoms with Crippen molar-refractivity contribution in [2.24, 2.45) is 13.0 Å². The summed E-state index contributed by atoms with van der Waals surface area (Å²) in [6.07, 6.45) is 5.01. The molecule has 0 spiro atoms. The molecular formula is C24H32N4O3. The van der Waals surface area contributed by atoms with Crippen LogP contribution in [-0.2, 0) is 16.6 Å². The van der Waals surface area contributed by atoms with E-state index in [1.807, 2.05) is 52.1 Å². The van der Waals surface area contributed by atoms with Gasteiger partial charge in [-0.3, -0.25) is 9.48 Å². The summed E-state index contributed by atoms with van der Waals surface area (Å²) in [5, 5.41) is 10.1. The zero-order valence-corrected chi connectivity index (χ0v) is 18.9. The molecule has 7 heteroatoms. The number of nitrogens with zero attached hydrogens (tertiary/aromatic N) is 2. The van der Waals surface area contributed by atoms with Crippen LogP contribution in [-0.4, -0.2) is 27.4 Å². The number of rotatable bonds is 8. The number of carbonyl (C=O) groups is 2. The maximum Gasteiger partial charge on any atom is 0.408 e. The van der Waals surface area contributed by atoms with Crippen LogP contribution in [0.5, 0.6) is 0 Å². The Labute approximate surface area is 184 Å². The largest absolute Gasteiger partial charge is 0.444 e. The summed E-state index contributed by atoms with van der Waals surface area (Å²) in [5.41, 5.74) is 2.54. The number of aryl methyl sites for hydroxylation is 1. The number of hydrogen-bond acceptors (Lipinski definition) is 4. The number of ether oxygens (including phenoxy) is 1. The van der Waals surface area contributed by atoms with Crippen LogP contribution in [0.15, 0.2) is 55.8 Å². The van der Waals surface area contributed by atoms with Crippen molar-refractivity contribution in [3.63, 3.8) is 0 Å². The highest BCUT2D eigenvalue weighted by molar-refractivity contribution is 5.96. The third-order valence-electron chi connectivity index (χ3n) is 4.62. The average molecular weight is 425 g/mol. The first-order valence-corrected chi connectivity index (χ1v) is 10.2. The first-order valence-electron chi connectivity index (χ1n) is 10.2. The van der Waals surface area contributed by atoms with Gasteiger partial charge < -0.3 is 15.4 Å². The molecule has 166 valence electrons. The average Bonchev–Trinajstić information content (AvgIpc) is 3.05. The van der Waals surface area contributed by atoms with E-state index in [1.165, 1.54) is 0 Å². The second-order valence-electron chi connectivity index (χ2n) is 8.39. The molecule has 2 aromatic rings. The van der Waals surface area contributed by atoms with Crippen LogP contribution in [0, 0.1) is 5.92 Å². The van der Waals surface area contributed by atoms with Crippen molar-refractivity contribution in [2.45, 2.75) is 45.8 Å².